The summed E-state index contributed by atoms with van der Waals surface area (Å²) in [5, 5.41) is 11.8. The number of nitrogens with one attached hydrogen (secondary N) is 1. The third-order valence-electron chi connectivity index (χ3n) is 2.21. The third-order valence-corrected chi connectivity index (χ3v) is 2.90. The van der Waals surface area contributed by atoms with Crippen molar-refractivity contribution in [3.05, 3.63) is 40.5 Å². The Labute approximate surface area is 107 Å². The van der Waals surface area contributed by atoms with Gasteiger partial charge in [-0.25, -0.2) is 9.97 Å². The van der Waals surface area contributed by atoms with Crippen LogP contribution < -0.4 is 5.32 Å². The molecule has 5 heteroatoms. The number of nitriles is 1. The van der Waals surface area contributed by atoms with Gasteiger partial charge >= 0.3 is 0 Å². The van der Waals surface area contributed by atoms with Gasteiger partial charge in [-0.05, 0) is 6.07 Å². The highest BCUT2D eigenvalue weighted by Crippen LogP contribution is 2.26. The average Bonchev–Trinajstić information content (AvgIpc) is 2.38. The summed E-state index contributed by atoms with van der Waals surface area (Å²) in [5.74, 6) is 1.16. The molecule has 0 aliphatic rings. The number of benzene rings is 1. The highest BCUT2D eigenvalue weighted by molar-refractivity contribution is 9.10. The number of nitrogens with zero attached hydrogens (tertiary/aromatic N) is 3. The second kappa shape index (κ2) is 4.93. The standard InChI is InChI=1S/C12H9BrN4/c1-15-11-6-8(7-14)16-12(17-11)9-4-2-3-5-10(9)13/h2-6H,1H3,(H,15,16,17). The molecule has 0 amide bonds. The first-order valence-electron chi connectivity index (χ1n) is 4.96. The molecule has 0 spiro atoms. The van der Waals surface area contributed by atoms with E-state index in [-0.39, 0.29) is 0 Å². The van der Waals surface area contributed by atoms with E-state index in [1.807, 2.05) is 30.3 Å². The highest BCUT2D eigenvalue weighted by atomic mass is 79.9. The van der Waals surface area contributed by atoms with E-state index in [1.54, 1.807) is 13.1 Å². The fraction of sp³-hybridized carbons (Fsp3) is 0.0833. The van der Waals surface area contributed by atoms with Crippen LogP contribution in [0.25, 0.3) is 11.4 Å². The Morgan fingerprint density at radius 3 is 2.71 bits per heavy atom. The molecular weight excluding hydrogens is 280 g/mol. The first kappa shape index (κ1) is 11.6. The van der Waals surface area contributed by atoms with Gasteiger partial charge in [-0.15, -0.1) is 0 Å². The lowest BCUT2D eigenvalue weighted by atomic mass is 10.2. The fourth-order valence-corrected chi connectivity index (χ4v) is 1.86. The number of rotatable bonds is 2. The average molecular weight is 289 g/mol. The van der Waals surface area contributed by atoms with Crippen molar-refractivity contribution in [2.24, 2.45) is 0 Å². The molecule has 2 rings (SSSR count). The lowest BCUT2D eigenvalue weighted by Crippen LogP contribution is -1.99. The second-order valence-electron chi connectivity index (χ2n) is 3.30. The van der Waals surface area contributed by atoms with Gasteiger partial charge in [-0.1, -0.05) is 34.1 Å². The normalized spacial score (nSPS) is 9.71. The van der Waals surface area contributed by atoms with Crippen molar-refractivity contribution < 1.29 is 0 Å². The molecule has 4 nitrogen and oxygen atoms in total. The second-order valence-corrected chi connectivity index (χ2v) is 4.16. The zero-order valence-electron chi connectivity index (χ0n) is 9.11. The zero-order chi connectivity index (χ0) is 12.3. The van der Waals surface area contributed by atoms with Crippen molar-refractivity contribution in [2.75, 3.05) is 12.4 Å². The van der Waals surface area contributed by atoms with Crippen molar-refractivity contribution in [3.8, 4) is 17.5 Å². The molecule has 1 heterocycles. The summed E-state index contributed by atoms with van der Waals surface area (Å²) >= 11 is 3.44. The van der Waals surface area contributed by atoms with E-state index >= 15 is 0 Å². The maximum Gasteiger partial charge on any atom is 0.164 e. The summed E-state index contributed by atoms with van der Waals surface area (Å²) in [7, 11) is 1.76. The highest BCUT2D eigenvalue weighted by Gasteiger charge is 2.08. The number of aromatic nitrogens is 2. The Bertz CT molecular complexity index is 589. The maximum absolute atomic E-state index is 8.92. The van der Waals surface area contributed by atoms with Crippen LogP contribution >= 0.6 is 15.9 Å². The molecule has 0 atom stereocenters. The van der Waals surface area contributed by atoms with Crippen molar-refractivity contribution in [3.63, 3.8) is 0 Å². The van der Waals surface area contributed by atoms with E-state index in [9.17, 15) is 0 Å². The molecule has 1 N–H and O–H groups in total. The largest absolute Gasteiger partial charge is 0.373 e. The monoisotopic (exact) mass is 288 g/mol. The molecule has 0 radical (unpaired) electrons. The Morgan fingerprint density at radius 2 is 2.06 bits per heavy atom. The van der Waals surface area contributed by atoms with Crippen molar-refractivity contribution in [2.45, 2.75) is 0 Å². The summed E-state index contributed by atoms with van der Waals surface area (Å²) in [6.45, 7) is 0. The molecule has 0 saturated carbocycles. The predicted octanol–water partition coefficient (Wildman–Crippen LogP) is 2.82. The van der Waals surface area contributed by atoms with E-state index in [0.29, 0.717) is 17.3 Å². The molecule has 0 fully saturated rings. The van der Waals surface area contributed by atoms with Crippen molar-refractivity contribution >= 4 is 21.7 Å². The Hall–Kier alpha value is -1.93. The van der Waals surface area contributed by atoms with Gasteiger partial charge in [-0.3, -0.25) is 0 Å². The van der Waals surface area contributed by atoms with E-state index in [4.69, 9.17) is 5.26 Å². The van der Waals surface area contributed by atoms with Gasteiger partial charge in [-0.2, -0.15) is 5.26 Å². The molecule has 84 valence electrons. The Kier molecular flexibility index (Phi) is 3.35. The third kappa shape index (κ3) is 2.43. The molecule has 1 aromatic carbocycles. The van der Waals surface area contributed by atoms with Gasteiger partial charge in [0.25, 0.3) is 0 Å². The molecule has 17 heavy (non-hydrogen) atoms. The van der Waals surface area contributed by atoms with E-state index in [1.165, 1.54) is 0 Å². The van der Waals surface area contributed by atoms with Crippen LogP contribution in [0.4, 0.5) is 5.82 Å². The van der Waals surface area contributed by atoms with Crippen LogP contribution in [0.1, 0.15) is 5.69 Å². The molecule has 0 bridgehead atoms. The summed E-state index contributed by atoms with van der Waals surface area (Å²) in [5.41, 5.74) is 1.20. The lowest BCUT2D eigenvalue weighted by Gasteiger charge is -2.05. The number of hydrogen-bond donors (Lipinski definition) is 1. The number of halogens is 1. The van der Waals surface area contributed by atoms with Crippen LogP contribution in [0.5, 0.6) is 0 Å². The minimum atomic E-state index is 0.343. The maximum atomic E-state index is 8.92. The zero-order valence-corrected chi connectivity index (χ0v) is 10.7. The predicted molar refractivity (Wildman–Crippen MR) is 69.4 cm³/mol. The molecule has 0 unspecified atom stereocenters. The SMILES string of the molecule is CNc1cc(C#N)nc(-c2ccccc2Br)n1. The summed E-state index contributed by atoms with van der Waals surface area (Å²) in [6, 6.07) is 11.3. The molecule has 1 aromatic heterocycles. The quantitative estimate of drug-likeness (QED) is 0.923. The number of anilines is 1. The van der Waals surface area contributed by atoms with Crippen LogP contribution in [0.2, 0.25) is 0 Å². The Balaban J connectivity index is 2.60. The summed E-state index contributed by atoms with van der Waals surface area (Å²) < 4.78 is 0.900. The molecule has 0 saturated heterocycles. The fourth-order valence-electron chi connectivity index (χ4n) is 1.40. The summed E-state index contributed by atoms with van der Waals surface area (Å²) in [6.07, 6.45) is 0. The first-order valence-corrected chi connectivity index (χ1v) is 5.75. The molecule has 0 aliphatic carbocycles. The minimum absolute atomic E-state index is 0.343. The van der Waals surface area contributed by atoms with Gasteiger partial charge in [0.2, 0.25) is 0 Å². The van der Waals surface area contributed by atoms with Crippen LogP contribution in [-0.4, -0.2) is 17.0 Å². The van der Waals surface area contributed by atoms with Crippen molar-refractivity contribution in [1.29, 1.82) is 5.26 Å². The summed E-state index contributed by atoms with van der Waals surface area (Å²) in [4.78, 5) is 8.52. The Morgan fingerprint density at radius 1 is 1.29 bits per heavy atom. The van der Waals surface area contributed by atoms with Crippen LogP contribution in [0.3, 0.4) is 0 Å². The van der Waals surface area contributed by atoms with Gasteiger partial charge in [0.05, 0.1) is 0 Å². The van der Waals surface area contributed by atoms with Gasteiger partial charge in [0.15, 0.2) is 5.82 Å². The smallest absolute Gasteiger partial charge is 0.164 e. The van der Waals surface area contributed by atoms with Gasteiger partial charge < -0.3 is 5.32 Å². The van der Waals surface area contributed by atoms with Crippen LogP contribution in [0, 0.1) is 11.3 Å². The molecule has 0 aliphatic heterocycles. The molecule has 2 aromatic rings. The minimum Gasteiger partial charge on any atom is -0.373 e. The van der Waals surface area contributed by atoms with E-state index < -0.39 is 0 Å². The van der Waals surface area contributed by atoms with Crippen molar-refractivity contribution in [1.82, 2.24) is 9.97 Å². The van der Waals surface area contributed by atoms with E-state index in [2.05, 4.69) is 31.2 Å². The van der Waals surface area contributed by atoms with Gasteiger partial charge in [0.1, 0.15) is 17.6 Å². The first-order chi connectivity index (χ1) is 8.24. The lowest BCUT2D eigenvalue weighted by molar-refractivity contribution is 1.14. The topological polar surface area (TPSA) is 61.6 Å². The van der Waals surface area contributed by atoms with E-state index in [0.717, 1.165) is 10.0 Å². The number of hydrogen-bond acceptors (Lipinski definition) is 4. The molecular formula is C12H9BrN4. The van der Waals surface area contributed by atoms with Gasteiger partial charge in [0, 0.05) is 23.2 Å². The van der Waals surface area contributed by atoms with Crippen LogP contribution in [-0.2, 0) is 0 Å². The van der Waals surface area contributed by atoms with Crippen LogP contribution in [0.15, 0.2) is 34.8 Å².